The first-order valence-electron chi connectivity index (χ1n) is 5.30. The summed E-state index contributed by atoms with van der Waals surface area (Å²) < 4.78 is 6.03. The van der Waals surface area contributed by atoms with Crippen LogP contribution in [0.5, 0.6) is 11.6 Å². The summed E-state index contributed by atoms with van der Waals surface area (Å²) in [6.07, 6.45) is 2.51. The van der Waals surface area contributed by atoms with E-state index in [1.54, 1.807) is 19.1 Å². The number of pyridine rings is 2. The van der Waals surface area contributed by atoms with Gasteiger partial charge in [-0.3, -0.25) is 4.79 Å². The third kappa shape index (κ3) is 2.92. The number of ether oxygens (including phenoxy) is 1. The summed E-state index contributed by atoms with van der Waals surface area (Å²) in [4.78, 5) is 14.8. The molecule has 0 unspecified atom stereocenters. The molecule has 0 aliphatic rings. The number of aryl methyl sites for hydroxylation is 1. The Bertz CT molecular complexity index is 646. The van der Waals surface area contributed by atoms with Crippen LogP contribution in [0, 0.1) is 12.1 Å². The Morgan fingerprint density at radius 3 is 2.84 bits per heavy atom. The lowest BCUT2D eigenvalue weighted by molar-refractivity contribution is -0.612. The number of hydrogen-bond donors (Lipinski definition) is 1. The number of primary amides is 1. The number of aromatic nitrogens is 2. The highest BCUT2D eigenvalue weighted by Gasteiger charge is 2.11. The smallest absolute Gasteiger partial charge is 0.250 e. The van der Waals surface area contributed by atoms with Gasteiger partial charge >= 0.3 is 0 Å². The van der Waals surface area contributed by atoms with Crippen molar-refractivity contribution < 1.29 is 14.3 Å². The molecule has 0 saturated heterocycles. The molecule has 2 aromatic rings. The second-order valence-corrected chi connectivity index (χ2v) is 4.22. The van der Waals surface area contributed by atoms with Crippen LogP contribution in [0.15, 0.2) is 30.6 Å². The Balaban J connectivity index is 2.28. The summed E-state index contributed by atoms with van der Waals surface area (Å²) in [6.45, 7) is 1.67. The van der Waals surface area contributed by atoms with Gasteiger partial charge in [0.25, 0.3) is 0 Å². The normalized spacial score (nSPS) is 10.2. The van der Waals surface area contributed by atoms with Gasteiger partial charge in [0.2, 0.25) is 18.0 Å². The van der Waals surface area contributed by atoms with Gasteiger partial charge in [-0.15, -0.1) is 0 Å². The van der Waals surface area contributed by atoms with Crippen molar-refractivity contribution in [3.63, 3.8) is 0 Å². The number of nitrogens with two attached hydrogens (primary N) is 1. The number of amides is 1. The zero-order chi connectivity index (χ0) is 14.0. The summed E-state index contributed by atoms with van der Waals surface area (Å²) in [5.74, 6) is -0.244. The van der Waals surface area contributed by atoms with E-state index in [0.717, 1.165) is 0 Å². The van der Waals surface area contributed by atoms with Gasteiger partial charge in [-0.25, -0.2) is 4.98 Å². The molecular formula is C12H10ClN3O3. The second kappa shape index (κ2) is 5.11. The third-order valence-corrected chi connectivity index (χ3v) is 2.66. The van der Waals surface area contributed by atoms with Crippen LogP contribution in [0.3, 0.4) is 0 Å². The average Bonchev–Trinajstić information content (AvgIpc) is 2.36. The molecule has 98 valence electrons. The Morgan fingerprint density at radius 1 is 1.53 bits per heavy atom. The van der Waals surface area contributed by atoms with Crippen molar-refractivity contribution in [1.82, 2.24) is 4.98 Å². The predicted molar refractivity (Wildman–Crippen MR) is 68.0 cm³/mol. The topological polar surface area (TPSA) is 92.2 Å². The van der Waals surface area contributed by atoms with E-state index in [9.17, 15) is 10.0 Å². The van der Waals surface area contributed by atoms with Gasteiger partial charge in [0.15, 0.2) is 11.4 Å². The summed E-state index contributed by atoms with van der Waals surface area (Å²) in [6, 6.07) is 4.57. The minimum atomic E-state index is -0.631. The summed E-state index contributed by atoms with van der Waals surface area (Å²) >= 11 is 5.91. The van der Waals surface area contributed by atoms with Crippen molar-refractivity contribution >= 4 is 17.5 Å². The first kappa shape index (κ1) is 13.1. The summed E-state index contributed by atoms with van der Waals surface area (Å²) in [5, 5.41) is 11.5. The molecule has 0 spiro atoms. The fourth-order valence-corrected chi connectivity index (χ4v) is 1.55. The Kier molecular flexibility index (Phi) is 3.52. The highest BCUT2D eigenvalue weighted by atomic mass is 35.5. The number of rotatable bonds is 3. The first-order chi connectivity index (χ1) is 8.97. The Labute approximate surface area is 114 Å². The number of halogens is 1. The standard InChI is InChI=1S/C12H10ClN3O3/c1-7-2-3-9(6-16(7)18)19-12-10(13)4-8(5-15-12)11(14)17/h2-6H,1H3,(H2,14,17). The predicted octanol–water partition coefficient (Wildman–Crippen LogP) is 1.57. The fraction of sp³-hybridized carbons (Fsp3) is 0.0833. The molecule has 2 aromatic heterocycles. The highest BCUT2D eigenvalue weighted by molar-refractivity contribution is 6.32. The molecule has 7 heteroatoms. The maximum absolute atomic E-state index is 11.4. The van der Waals surface area contributed by atoms with Crippen molar-refractivity contribution in [2.45, 2.75) is 6.92 Å². The van der Waals surface area contributed by atoms with Crippen LogP contribution in [-0.4, -0.2) is 10.9 Å². The van der Waals surface area contributed by atoms with E-state index in [1.807, 2.05) is 0 Å². The lowest BCUT2D eigenvalue weighted by Gasteiger charge is -2.07. The lowest BCUT2D eigenvalue weighted by Crippen LogP contribution is -2.28. The van der Waals surface area contributed by atoms with E-state index < -0.39 is 5.91 Å². The zero-order valence-electron chi connectivity index (χ0n) is 9.96. The van der Waals surface area contributed by atoms with Gasteiger partial charge < -0.3 is 15.7 Å². The number of nitrogens with zero attached hydrogens (tertiary/aromatic N) is 2. The van der Waals surface area contributed by atoms with Crippen LogP contribution in [0.1, 0.15) is 16.1 Å². The number of carbonyl (C=O) groups is 1. The summed E-state index contributed by atoms with van der Waals surface area (Å²) in [5.41, 5.74) is 5.82. The average molecular weight is 280 g/mol. The van der Waals surface area contributed by atoms with Gasteiger partial charge in [0.05, 0.1) is 5.56 Å². The molecular weight excluding hydrogens is 270 g/mol. The Hall–Kier alpha value is -2.34. The van der Waals surface area contributed by atoms with Gasteiger partial charge in [-0.05, 0) is 12.1 Å². The van der Waals surface area contributed by atoms with E-state index in [4.69, 9.17) is 22.1 Å². The van der Waals surface area contributed by atoms with Gasteiger partial charge in [0, 0.05) is 19.2 Å². The highest BCUT2D eigenvalue weighted by Crippen LogP contribution is 2.26. The number of hydrogen-bond acceptors (Lipinski definition) is 4. The quantitative estimate of drug-likeness (QED) is 0.682. The molecule has 0 aromatic carbocycles. The van der Waals surface area contributed by atoms with Crippen LogP contribution in [0.25, 0.3) is 0 Å². The third-order valence-electron chi connectivity index (χ3n) is 2.39. The van der Waals surface area contributed by atoms with Crippen LogP contribution in [-0.2, 0) is 0 Å². The fourth-order valence-electron chi connectivity index (χ4n) is 1.34. The maximum atomic E-state index is 11.4. The van der Waals surface area contributed by atoms with Crippen molar-refractivity contribution in [1.29, 1.82) is 0 Å². The maximum Gasteiger partial charge on any atom is 0.250 e. The van der Waals surface area contributed by atoms with Crippen molar-refractivity contribution in [2.24, 2.45) is 5.73 Å². The molecule has 0 saturated carbocycles. The molecule has 6 nitrogen and oxygen atoms in total. The zero-order valence-corrected chi connectivity index (χ0v) is 10.7. The molecule has 0 atom stereocenters. The van der Waals surface area contributed by atoms with Gasteiger partial charge in [-0.1, -0.05) is 11.6 Å². The molecule has 0 radical (unpaired) electrons. The monoisotopic (exact) mass is 279 g/mol. The lowest BCUT2D eigenvalue weighted by atomic mass is 10.3. The molecule has 0 fully saturated rings. The van der Waals surface area contributed by atoms with Gasteiger partial charge in [-0.2, -0.15) is 4.73 Å². The van der Waals surface area contributed by atoms with E-state index in [0.29, 0.717) is 16.2 Å². The van der Waals surface area contributed by atoms with Crippen molar-refractivity contribution in [3.8, 4) is 11.6 Å². The van der Waals surface area contributed by atoms with Crippen LogP contribution in [0.2, 0.25) is 5.02 Å². The van der Waals surface area contributed by atoms with Crippen LogP contribution < -0.4 is 15.2 Å². The van der Waals surface area contributed by atoms with E-state index in [-0.39, 0.29) is 16.5 Å². The van der Waals surface area contributed by atoms with Crippen LogP contribution in [0.4, 0.5) is 0 Å². The van der Waals surface area contributed by atoms with Crippen LogP contribution >= 0.6 is 11.6 Å². The van der Waals surface area contributed by atoms with E-state index >= 15 is 0 Å². The Morgan fingerprint density at radius 2 is 2.26 bits per heavy atom. The molecule has 1 amide bonds. The largest absolute Gasteiger partial charge is 0.618 e. The molecule has 2 heterocycles. The molecule has 19 heavy (non-hydrogen) atoms. The van der Waals surface area contributed by atoms with Gasteiger partial charge in [0.1, 0.15) is 5.02 Å². The second-order valence-electron chi connectivity index (χ2n) is 3.81. The van der Waals surface area contributed by atoms with E-state index in [1.165, 1.54) is 18.5 Å². The number of carbonyl (C=O) groups excluding carboxylic acids is 1. The SMILES string of the molecule is Cc1ccc(Oc2ncc(C(N)=O)cc2Cl)c[n+]1[O-]. The van der Waals surface area contributed by atoms with E-state index in [2.05, 4.69) is 4.98 Å². The molecule has 2 N–H and O–H groups in total. The van der Waals surface area contributed by atoms with Crippen molar-refractivity contribution in [3.05, 3.63) is 52.1 Å². The van der Waals surface area contributed by atoms with Crippen molar-refractivity contribution in [2.75, 3.05) is 0 Å². The summed E-state index contributed by atoms with van der Waals surface area (Å²) in [7, 11) is 0. The minimum Gasteiger partial charge on any atom is -0.618 e. The first-order valence-corrected chi connectivity index (χ1v) is 5.68. The molecule has 0 aliphatic carbocycles. The molecule has 2 rings (SSSR count). The molecule has 0 aliphatic heterocycles. The minimum absolute atomic E-state index is 0.0931. The molecule has 0 bridgehead atoms.